The Morgan fingerprint density at radius 1 is 0.762 bits per heavy atom. The van der Waals surface area contributed by atoms with Gasteiger partial charge in [0.25, 0.3) is 0 Å². The van der Waals surface area contributed by atoms with Gasteiger partial charge in [-0.25, -0.2) is 13.8 Å². The van der Waals surface area contributed by atoms with Gasteiger partial charge >= 0.3 is 0 Å². The molecule has 0 N–H and O–H groups in total. The summed E-state index contributed by atoms with van der Waals surface area (Å²) in [6.07, 6.45) is 0. The summed E-state index contributed by atoms with van der Waals surface area (Å²) in [4.78, 5) is 4.26. The van der Waals surface area contributed by atoms with Crippen molar-refractivity contribution in [2.45, 2.75) is 0 Å². The van der Waals surface area contributed by atoms with Gasteiger partial charge in [0.2, 0.25) is 5.88 Å². The Balaban J connectivity index is 1.93. The Labute approximate surface area is 120 Å². The molecule has 0 bridgehead atoms. The van der Waals surface area contributed by atoms with Gasteiger partial charge in [-0.15, -0.1) is 0 Å². The Morgan fingerprint density at radius 3 is 2.19 bits per heavy atom. The summed E-state index contributed by atoms with van der Waals surface area (Å²) in [6.45, 7) is 0. The highest BCUT2D eigenvalue weighted by molar-refractivity contribution is 5.59. The van der Waals surface area contributed by atoms with Gasteiger partial charge in [0.05, 0.1) is 5.69 Å². The van der Waals surface area contributed by atoms with Crippen molar-refractivity contribution < 1.29 is 13.5 Å². The molecule has 0 fully saturated rings. The quantitative estimate of drug-likeness (QED) is 0.687. The zero-order valence-corrected chi connectivity index (χ0v) is 11.0. The molecule has 3 aromatic rings. The first-order chi connectivity index (χ1) is 10.2. The van der Waals surface area contributed by atoms with E-state index in [1.165, 1.54) is 12.1 Å². The molecule has 21 heavy (non-hydrogen) atoms. The molecule has 104 valence electrons. The fraction of sp³-hybridized carbons (Fsp3) is 0. The van der Waals surface area contributed by atoms with E-state index in [0.29, 0.717) is 22.9 Å². The second-order valence-corrected chi connectivity index (χ2v) is 4.43. The topological polar surface area (TPSA) is 22.1 Å². The fourth-order valence-corrected chi connectivity index (χ4v) is 1.94. The molecule has 0 saturated heterocycles. The van der Waals surface area contributed by atoms with E-state index in [2.05, 4.69) is 4.98 Å². The third kappa shape index (κ3) is 3.23. The van der Waals surface area contributed by atoms with Crippen LogP contribution in [0.5, 0.6) is 11.6 Å². The Morgan fingerprint density at radius 2 is 1.48 bits per heavy atom. The molecule has 1 heterocycles. The van der Waals surface area contributed by atoms with Crippen molar-refractivity contribution in [1.82, 2.24) is 4.98 Å². The molecule has 4 heteroatoms. The lowest BCUT2D eigenvalue weighted by Gasteiger charge is -2.07. The Hall–Kier alpha value is -2.75. The smallest absolute Gasteiger partial charge is 0.219 e. The fourth-order valence-electron chi connectivity index (χ4n) is 1.94. The van der Waals surface area contributed by atoms with Gasteiger partial charge in [0.1, 0.15) is 17.4 Å². The molecule has 0 aliphatic rings. The molecule has 0 saturated carbocycles. The van der Waals surface area contributed by atoms with Gasteiger partial charge in [-0.1, -0.05) is 24.3 Å². The number of rotatable bonds is 3. The largest absolute Gasteiger partial charge is 0.439 e. The maximum Gasteiger partial charge on any atom is 0.219 e. The summed E-state index contributed by atoms with van der Waals surface area (Å²) in [5.74, 6) is -0.265. The maximum absolute atomic E-state index is 13.3. The summed E-state index contributed by atoms with van der Waals surface area (Å²) in [7, 11) is 0. The molecule has 0 unspecified atom stereocenters. The van der Waals surface area contributed by atoms with Crippen LogP contribution in [0.1, 0.15) is 0 Å². The number of hydrogen-bond acceptors (Lipinski definition) is 2. The van der Waals surface area contributed by atoms with Gasteiger partial charge in [-0.05, 0) is 30.3 Å². The first-order valence-electron chi connectivity index (χ1n) is 6.37. The van der Waals surface area contributed by atoms with E-state index in [4.69, 9.17) is 4.74 Å². The van der Waals surface area contributed by atoms with Crippen LogP contribution in [0.2, 0.25) is 0 Å². The SMILES string of the molecule is Fc1cc(F)cc(-c2cccc(Oc3ccccc3)n2)c1. The molecular formula is C17H11F2NO. The molecule has 2 nitrogen and oxygen atoms in total. The Kier molecular flexibility index (Phi) is 3.60. The second kappa shape index (κ2) is 5.71. The summed E-state index contributed by atoms with van der Waals surface area (Å²) in [6, 6.07) is 17.6. The lowest BCUT2D eigenvalue weighted by Crippen LogP contribution is -1.91. The monoisotopic (exact) mass is 283 g/mol. The van der Waals surface area contributed by atoms with Crippen LogP contribution < -0.4 is 4.74 Å². The average Bonchev–Trinajstić information content (AvgIpc) is 2.47. The third-order valence-corrected chi connectivity index (χ3v) is 2.85. The lowest BCUT2D eigenvalue weighted by molar-refractivity contribution is 0.463. The second-order valence-electron chi connectivity index (χ2n) is 4.43. The van der Waals surface area contributed by atoms with Gasteiger partial charge in [0, 0.05) is 17.7 Å². The molecule has 0 radical (unpaired) electrons. The standard InChI is InChI=1S/C17H11F2NO/c18-13-9-12(10-14(19)11-13)16-7-4-8-17(20-16)21-15-5-2-1-3-6-15/h1-11H. The van der Waals surface area contributed by atoms with Gasteiger partial charge < -0.3 is 4.74 Å². The van der Waals surface area contributed by atoms with Crippen molar-refractivity contribution in [2.24, 2.45) is 0 Å². The minimum atomic E-state index is -0.638. The predicted molar refractivity (Wildman–Crippen MR) is 76.1 cm³/mol. The number of ether oxygens (including phenoxy) is 1. The zero-order valence-electron chi connectivity index (χ0n) is 11.0. The number of aromatic nitrogens is 1. The van der Waals surface area contributed by atoms with Crippen LogP contribution in [-0.4, -0.2) is 4.98 Å². The summed E-state index contributed by atoms with van der Waals surface area (Å²) in [5, 5.41) is 0. The molecule has 2 aromatic carbocycles. The molecule has 0 aliphatic heterocycles. The van der Waals surface area contributed by atoms with Crippen molar-refractivity contribution in [2.75, 3.05) is 0 Å². The maximum atomic E-state index is 13.3. The highest BCUT2D eigenvalue weighted by atomic mass is 19.1. The summed E-state index contributed by atoms with van der Waals surface area (Å²) < 4.78 is 32.1. The van der Waals surface area contributed by atoms with E-state index in [1.54, 1.807) is 30.3 Å². The van der Waals surface area contributed by atoms with E-state index in [9.17, 15) is 8.78 Å². The van der Waals surface area contributed by atoms with Gasteiger partial charge in [-0.3, -0.25) is 0 Å². The number of benzene rings is 2. The Bertz CT molecular complexity index is 739. The van der Waals surface area contributed by atoms with Crippen LogP contribution in [0.15, 0.2) is 66.7 Å². The van der Waals surface area contributed by atoms with E-state index in [1.807, 2.05) is 18.2 Å². The highest BCUT2D eigenvalue weighted by Gasteiger charge is 2.06. The first kappa shape index (κ1) is 13.2. The molecule has 0 spiro atoms. The zero-order chi connectivity index (χ0) is 14.7. The molecule has 1 aromatic heterocycles. The van der Waals surface area contributed by atoms with E-state index in [-0.39, 0.29) is 0 Å². The van der Waals surface area contributed by atoms with Crippen molar-refractivity contribution in [3.8, 4) is 22.9 Å². The average molecular weight is 283 g/mol. The number of halogens is 2. The van der Waals surface area contributed by atoms with Crippen LogP contribution in [0.3, 0.4) is 0 Å². The molecular weight excluding hydrogens is 272 g/mol. The van der Waals surface area contributed by atoms with Gasteiger partial charge in [-0.2, -0.15) is 0 Å². The van der Waals surface area contributed by atoms with Crippen LogP contribution in [0.4, 0.5) is 8.78 Å². The predicted octanol–water partition coefficient (Wildman–Crippen LogP) is 4.82. The molecule has 0 atom stereocenters. The number of para-hydroxylation sites is 1. The van der Waals surface area contributed by atoms with E-state index < -0.39 is 11.6 Å². The number of pyridine rings is 1. The number of hydrogen-bond donors (Lipinski definition) is 0. The molecule has 0 amide bonds. The van der Waals surface area contributed by atoms with Crippen molar-refractivity contribution >= 4 is 0 Å². The normalized spacial score (nSPS) is 10.4. The van der Waals surface area contributed by atoms with Crippen LogP contribution in [-0.2, 0) is 0 Å². The van der Waals surface area contributed by atoms with E-state index >= 15 is 0 Å². The summed E-state index contributed by atoms with van der Waals surface area (Å²) >= 11 is 0. The third-order valence-electron chi connectivity index (χ3n) is 2.85. The highest BCUT2D eigenvalue weighted by Crippen LogP contribution is 2.24. The van der Waals surface area contributed by atoms with E-state index in [0.717, 1.165) is 6.07 Å². The lowest BCUT2D eigenvalue weighted by atomic mass is 10.1. The van der Waals surface area contributed by atoms with Crippen LogP contribution >= 0.6 is 0 Å². The van der Waals surface area contributed by atoms with Crippen molar-refractivity contribution in [3.63, 3.8) is 0 Å². The number of nitrogens with zero attached hydrogens (tertiary/aromatic N) is 1. The molecule has 0 aliphatic carbocycles. The van der Waals surface area contributed by atoms with Gasteiger partial charge in [0.15, 0.2) is 0 Å². The summed E-state index contributed by atoms with van der Waals surface area (Å²) in [5.41, 5.74) is 0.813. The van der Waals surface area contributed by atoms with Crippen LogP contribution in [0.25, 0.3) is 11.3 Å². The van der Waals surface area contributed by atoms with Crippen LogP contribution in [0, 0.1) is 11.6 Å². The minimum Gasteiger partial charge on any atom is -0.439 e. The first-order valence-corrected chi connectivity index (χ1v) is 6.37. The van der Waals surface area contributed by atoms with Crippen molar-refractivity contribution in [1.29, 1.82) is 0 Å². The van der Waals surface area contributed by atoms with Crippen molar-refractivity contribution in [3.05, 3.63) is 78.4 Å². The molecule has 3 rings (SSSR count). The minimum absolute atomic E-state index is 0.364.